The number of aryl methyl sites for hydroxylation is 2. The van der Waals surface area contributed by atoms with Crippen LogP contribution in [-0.2, 0) is 13.1 Å². The van der Waals surface area contributed by atoms with Crippen molar-refractivity contribution in [3.63, 3.8) is 0 Å². The van der Waals surface area contributed by atoms with Crippen LogP contribution in [0.2, 0.25) is 0 Å². The molecule has 0 fully saturated rings. The smallest absolute Gasteiger partial charge is 0.229 e. The zero-order valence-electron chi connectivity index (χ0n) is 18.2. The van der Waals surface area contributed by atoms with E-state index in [1.54, 1.807) is 17.3 Å². The number of hydrogen-bond acceptors (Lipinski definition) is 6. The van der Waals surface area contributed by atoms with Crippen molar-refractivity contribution in [3.05, 3.63) is 84.1 Å². The Morgan fingerprint density at radius 2 is 1.88 bits per heavy atom. The third-order valence-corrected chi connectivity index (χ3v) is 4.68. The Morgan fingerprint density at radius 1 is 1.09 bits per heavy atom. The van der Waals surface area contributed by atoms with E-state index in [-0.39, 0.29) is 5.11 Å². The summed E-state index contributed by atoms with van der Waals surface area (Å²) in [7, 11) is 0. The van der Waals surface area contributed by atoms with Crippen molar-refractivity contribution in [1.82, 2.24) is 30.0 Å². The summed E-state index contributed by atoms with van der Waals surface area (Å²) in [5.74, 6) is 1.58. The molecular formula is C22H23N9OS. The zero-order valence-corrected chi connectivity index (χ0v) is 19.0. The first-order valence-electron chi connectivity index (χ1n) is 10.2. The largest absolute Gasteiger partial charge is 0.467 e. The second-order valence-electron chi connectivity index (χ2n) is 7.21. The fourth-order valence-corrected chi connectivity index (χ4v) is 3.19. The van der Waals surface area contributed by atoms with Gasteiger partial charge in [-0.25, -0.2) is 19.6 Å². The van der Waals surface area contributed by atoms with E-state index >= 15 is 0 Å². The molecular weight excluding hydrogens is 438 g/mol. The average molecular weight is 462 g/mol. The molecule has 0 spiro atoms. The quantitative estimate of drug-likeness (QED) is 0.226. The van der Waals surface area contributed by atoms with Gasteiger partial charge in [0.1, 0.15) is 18.4 Å². The maximum absolute atomic E-state index is 5.40. The number of thiocarbonyl (C=S) groups is 1. The second kappa shape index (κ2) is 10.5. The van der Waals surface area contributed by atoms with Crippen LogP contribution in [0.3, 0.4) is 0 Å². The zero-order chi connectivity index (χ0) is 23.0. The van der Waals surface area contributed by atoms with Gasteiger partial charge in [0.15, 0.2) is 5.11 Å². The van der Waals surface area contributed by atoms with Gasteiger partial charge in [0.05, 0.1) is 19.4 Å². The van der Waals surface area contributed by atoms with Crippen molar-refractivity contribution in [1.29, 1.82) is 0 Å². The number of nitrogens with one attached hydrogen (secondary N) is 3. The van der Waals surface area contributed by atoms with E-state index in [0.29, 0.717) is 25.0 Å². The number of benzene rings is 1. The van der Waals surface area contributed by atoms with Crippen LogP contribution in [0.15, 0.2) is 70.8 Å². The molecule has 0 saturated carbocycles. The third kappa shape index (κ3) is 6.68. The van der Waals surface area contributed by atoms with Gasteiger partial charge >= 0.3 is 0 Å². The molecule has 0 aliphatic carbocycles. The van der Waals surface area contributed by atoms with Crippen molar-refractivity contribution in [2.45, 2.75) is 26.9 Å². The number of aromatic nitrogens is 5. The first-order chi connectivity index (χ1) is 16.0. The van der Waals surface area contributed by atoms with Crippen LogP contribution in [0, 0.1) is 13.8 Å². The second-order valence-corrected chi connectivity index (χ2v) is 7.60. The van der Waals surface area contributed by atoms with Gasteiger partial charge in [-0.05, 0) is 62.0 Å². The molecule has 0 amide bonds. The molecule has 0 atom stereocenters. The normalized spacial score (nSPS) is 11.3. The maximum atomic E-state index is 5.40. The van der Waals surface area contributed by atoms with Crippen molar-refractivity contribution in [3.8, 4) is 0 Å². The minimum absolute atomic E-state index is 0.286. The predicted octanol–water partition coefficient (Wildman–Crippen LogP) is 3.28. The lowest BCUT2D eigenvalue weighted by molar-refractivity contribution is 0.503. The standard InChI is InChI=1S/C22H23N9OS/c1-15-10-16(2)27-20(26-15)29-21(30-22(33)24-11-19-4-3-9-32-19)28-18-7-5-17(6-8-18)12-31-14-23-13-25-31/h3-10,13-14H,11-12H2,1-2H3,(H3,24,26,27,28,29,30,33). The Kier molecular flexibility index (Phi) is 7.00. The highest BCUT2D eigenvalue weighted by molar-refractivity contribution is 7.80. The Bertz CT molecular complexity index is 1200. The Morgan fingerprint density at radius 3 is 2.55 bits per heavy atom. The first-order valence-corrected chi connectivity index (χ1v) is 10.6. The third-order valence-electron chi connectivity index (χ3n) is 4.45. The summed E-state index contributed by atoms with van der Waals surface area (Å²) in [5, 5.41) is 13.9. The Labute approximate surface area is 196 Å². The summed E-state index contributed by atoms with van der Waals surface area (Å²) in [6, 6.07) is 13.5. The topological polar surface area (TPSA) is 118 Å². The number of furan rings is 1. The van der Waals surface area contributed by atoms with Gasteiger partial charge in [-0.15, -0.1) is 0 Å². The number of aliphatic imine (C=N–C) groups is 1. The highest BCUT2D eigenvalue weighted by Gasteiger charge is 2.08. The average Bonchev–Trinajstić information content (AvgIpc) is 3.47. The minimum atomic E-state index is 0.286. The van der Waals surface area contributed by atoms with E-state index in [0.717, 1.165) is 28.4 Å². The van der Waals surface area contributed by atoms with Crippen LogP contribution in [0.25, 0.3) is 0 Å². The van der Waals surface area contributed by atoms with Gasteiger partial charge in [-0.1, -0.05) is 12.1 Å². The van der Waals surface area contributed by atoms with E-state index in [2.05, 4.69) is 41.0 Å². The number of anilines is 2. The summed E-state index contributed by atoms with van der Waals surface area (Å²) >= 11 is 5.40. The lowest BCUT2D eigenvalue weighted by Gasteiger charge is -2.13. The van der Waals surface area contributed by atoms with Gasteiger partial charge in [-0.2, -0.15) is 10.1 Å². The Balaban J connectivity index is 1.49. The highest BCUT2D eigenvalue weighted by Crippen LogP contribution is 2.12. The van der Waals surface area contributed by atoms with E-state index in [1.807, 2.05) is 56.3 Å². The molecule has 3 N–H and O–H groups in total. The van der Waals surface area contributed by atoms with Gasteiger partial charge in [-0.3, -0.25) is 5.32 Å². The van der Waals surface area contributed by atoms with E-state index < -0.39 is 0 Å². The fourth-order valence-electron chi connectivity index (χ4n) is 3.02. The van der Waals surface area contributed by atoms with Crippen molar-refractivity contribution in [2.24, 2.45) is 4.99 Å². The molecule has 33 heavy (non-hydrogen) atoms. The molecule has 0 saturated heterocycles. The predicted molar refractivity (Wildman–Crippen MR) is 130 cm³/mol. The van der Waals surface area contributed by atoms with Crippen LogP contribution in [0.5, 0.6) is 0 Å². The number of hydrogen-bond donors (Lipinski definition) is 3. The summed E-state index contributed by atoms with van der Waals surface area (Å²) < 4.78 is 7.08. The van der Waals surface area contributed by atoms with Crippen LogP contribution in [0.4, 0.5) is 11.6 Å². The van der Waals surface area contributed by atoms with Gasteiger partial charge in [0.25, 0.3) is 0 Å². The molecule has 10 nitrogen and oxygen atoms in total. The molecule has 3 heterocycles. The van der Waals surface area contributed by atoms with E-state index in [1.165, 1.54) is 6.33 Å². The van der Waals surface area contributed by atoms with Crippen LogP contribution >= 0.6 is 12.2 Å². The molecule has 11 heteroatoms. The van der Waals surface area contributed by atoms with Crippen molar-refractivity contribution >= 4 is 34.9 Å². The van der Waals surface area contributed by atoms with Crippen molar-refractivity contribution < 1.29 is 4.42 Å². The number of nitrogens with zero attached hydrogens (tertiary/aromatic N) is 6. The first kappa shape index (κ1) is 22.1. The summed E-state index contributed by atoms with van der Waals surface area (Å²) in [6.07, 6.45) is 4.81. The summed E-state index contributed by atoms with van der Waals surface area (Å²) in [4.78, 5) is 17.3. The fraction of sp³-hybridized carbons (Fsp3) is 0.182. The van der Waals surface area contributed by atoms with Gasteiger partial charge in [0, 0.05) is 17.1 Å². The highest BCUT2D eigenvalue weighted by atomic mass is 32.1. The number of guanidine groups is 1. The van der Waals surface area contributed by atoms with Crippen molar-refractivity contribution in [2.75, 3.05) is 10.6 Å². The molecule has 3 aromatic heterocycles. The maximum Gasteiger partial charge on any atom is 0.229 e. The SMILES string of the molecule is Cc1cc(C)nc(N/C(=N/C(=S)NCc2ccco2)Nc2ccc(Cn3cncn3)cc2)n1. The van der Waals surface area contributed by atoms with Gasteiger partial charge in [0.2, 0.25) is 11.9 Å². The van der Waals surface area contributed by atoms with E-state index in [9.17, 15) is 0 Å². The number of rotatable bonds is 6. The molecule has 0 radical (unpaired) electrons. The molecule has 4 rings (SSSR count). The molecule has 0 bridgehead atoms. The Hall–Kier alpha value is -4.12. The van der Waals surface area contributed by atoms with Gasteiger partial charge < -0.3 is 15.1 Å². The summed E-state index contributed by atoms with van der Waals surface area (Å²) in [6.45, 7) is 4.89. The molecule has 1 aromatic carbocycles. The van der Waals surface area contributed by atoms with Crippen LogP contribution < -0.4 is 16.0 Å². The van der Waals surface area contributed by atoms with Crippen LogP contribution in [-0.4, -0.2) is 35.8 Å². The minimum Gasteiger partial charge on any atom is -0.467 e. The lowest BCUT2D eigenvalue weighted by atomic mass is 10.2. The molecule has 168 valence electrons. The molecule has 0 aliphatic heterocycles. The van der Waals surface area contributed by atoms with E-state index in [4.69, 9.17) is 16.6 Å². The molecule has 0 unspecified atom stereocenters. The monoisotopic (exact) mass is 461 g/mol. The summed E-state index contributed by atoms with van der Waals surface area (Å²) in [5.41, 5.74) is 3.60. The lowest BCUT2D eigenvalue weighted by Crippen LogP contribution is -2.28. The van der Waals surface area contributed by atoms with Crippen LogP contribution in [0.1, 0.15) is 22.7 Å². The molecule has 0 aliphatic rings. The molecule has 4 aromatic rings.